The van der Waals surface area contributed by atoms with E-state index in [9.17, 15) is 9.59 Å². The highest BCUT2D eigenvalue weighted by Crippen LogP contribution is 2.36. The number of carbonyl (C=O) groups excluding carboxylic acids is 1. The maximum Gasteiger partial charge on any atom is 0.335 e. The SMILES string of the molecule is CC(=CC=CC1CCC(=O)N1CCc1ccc(C(=O)O)cc1)C1CC1. The third-order valence-electron chi connectivity index (χ3n) is 5.13. The van der Waals surface area contributed by atoms with Gasteiger partial charge in [-0.25, -0.2) is 4.79 Å². The number of carbonyl (C=O) groups is 2. The van der Waals surface area contributed by atoms with Crippen LogP contribution in [-0.2, 0) is 11.2 Å². The van der Waals surface area contributed by atoms with Gasteiger partial charge in [0, 0.05) is 13.0 Å². The summed E-state index contributed by atoms with van der Waals surface area (Å²) in [5.74, 6) is 0.0699. The van der Waals surface area contributed by atoms with Gasteiger partial charge in [0.25, 0.3) is 0 Å². The van der Waals surface area contributed by atoms with Crippen LogP contribution in [0.2, 0.25) is 0 Å². The van der Waals surface area contributed by atoms with Crippen LogP contribution in [0.1, 0.15) is 48.5 Å². The molecule has 1 saturated heterocycles. The van der Waals surface area contributed by atoms with E-state index in [0.29, 0.717) is 18.5 Å². The van der Waals surface area contributed by atoms with Crippen LogP contribution < -0.4 is 0 Å². The van der Waals surface area contributed by atoms with E-state index >= 15 is 0 Å². The molecule has 4 nitrogen and oxygen atoms in total. The van der Waals surface area contributed by atoms with Gasteiger partial charge in [0.2, 0.25) is 5.91 Å². The third-order valence-corrected chi connectivity index (χ3v) is 5.13. The first-order valence-corrected chi connectivity index (χ1v) is 9.01. The Balaban J connectivity index is 1.57. The van der Waals surface area contributed by atoms with E-state index in [0.717, 1.165) is 24.3 Å². The number of benzene rings is 1. The molecule has 0 spiro atoms. The van der Waals surface area contributed by atoms with Crippen LogP contribution in [0.4, 0.5) is 0 Å². The second-order valence-corrected chi connectivity index (χ2v) is 7.02. The first-order chi connectivity index (χ1) is 12.0. The van der Waals surface area contributed by atoms with Gasteiger partial charge in [-0.2, -0.15) is 0 Å². The van der Waals surface area contributed by atoms with Crippen molar-refractivity contribution in [2.24, 2.45) is 5.92 Å². The Labute approximate surface area is 148 Å². The van der Waals surface area contributed by atoms with Crippen molar-refractivity contribution in [3.8, 4) is 0 Å². The lowest BCUT2D eigenvalue weighted by molar-refractivity contribution is -0.128. The Morgan fingerprint density at radius 1 is 1.24 bits per heavy atom. The summed E-state index contributed by atoms with van der Waals surface area (Å²) in [5.41, 5.74) is 2.78. The predicted octanol–water partition coefficient (Wildman–Crippen LogP) is 3.83. The van der Waals surface area contributed by atoms with Crippen LogP contribution in [-0.4, -0.2) is 34.5 Å². The fourth-order valence-electron chi connectivity index (χ4n) is 3.32. The molecule has 1 aromatic rings. The van der Waals surface area contributed by atoms with E-state index in [1.165, 1.54) is 18.4 Å². The number of allylic oxidation sites excluding steroid dienone is 3. The zero-order valence-corrected chi connectivity index (χ0v) is 14.6. The fourth-order valence-corrected chi connectivity index (χ4v) is 3.32. The average Bonchev–Trinajstić information content (AvgIpc) is 3.39. The second-order valence-electron chi connectivity index (χ2n) is 7.02. The topological polar surface area (TPSA) is 57.6 Å². The molecule has 1 unspecified atom stereocenters. The summed E-state index contributed by atoms with van der Waals surface area (Å²) in [6.07, 6.45) is 11.3. The van der Waals surface area contributed by atoms with Crippen LogP contribution in [0, 0.1) is 5.92 Å². The van der Waals surface area contributed by atoms with Crippen molar-refractivity contribution in [1.29, 1.82) is 0 Å². The van der Waals surface area contributed by atoms with Crippen molar-refractivity contribution >= 4 is 11.9 Å². The molecule has 0 bridgehead atoms. The molecule has 4 heteroatoms. The Kier molecular flexibility index (Phi) is 5.37. The van der Waals surface area contributed by atoms with E-state index in [1.54, 1.807) is 12.1 Å². The highest BCUT2D eigenvalue weighted by atomic mass is 16.4. The van der Waals surface area contributed by atoms with Gasteiger partial charge in [0.15, 0.2) is 0 Å². The minimum Gasteiger partial charge on any atom is -0.478 e. The van der Waals surface area contributed by atoms with E-state index in [-0.39, 0.29) is 11.9 Å². The lowest BCUT2D eigenvalue weighted by atomic mass is 10.1. The first-order valence-electron chi connectivity index (χ1n) is 9.01. The molecule has 0 aromatic heterocycles. The van der Waals surface area contributed by atoms with Gasteiger partial charge in [-0.3, -0.25) is 4.79 Å². The molecule has 132 valence electrons. The number of rotatable bonds is 7. The molecule has 0 radical (unpaired) electrons. The summed E-state index contributed by atoms with van der Waals surface area (Å²) in [5, 5.41) is 8.94. The molecule has 2 aliphatic rings. The van der Waals surface area contributed by atoms with E-state index < -0.39 is 5.97 Å². The minimum atomic E-state index is -0.916. The summed E-state index contributed by atoms with van der Waals surface area (Å²) in [7, 11) is 0. The molecule has 1 atom stereocenters. The second kappa shape index (κ2) is 7.68. The molecule has 1 heterocycles. The highest BCUT2D eigenvalue weighted by Gasteiger charge is 2.28. The van der Waals surface area contributed by atoms with Gasteiger partial charge in [-0.1, -0.05) is 35.9 Å². The number of nitrogens with zero attached hydrogens (tertiary/aromatic N) is 1. The number of aromatic carboxylic acids is 1. The first kappa shape index (κ1) is 17.5. The van der Waals surface area contributed by atoms with Crippen molar-refractivity contribution < 1.29 is 14.7 Å². The van der Waals surface area contributed by atoms with Crippen molar-refractivity contribution in [1.82, 2.24) is 4.90 Å². The van der Waals surface area contributed by atoms with E-state index in [4.69, 9.17) is 5.11 Å². The standard InChI is InChI=1S/C21H25NO3/c1-15(17-9-10-17)3-2-4-19-11-12-20(23)22(19)14-13-16-5-7-18(8-6-16)21(24)25/h2-8,17,19H,9-14H2,1H3,(H,24,25). The largest absolute Gasteiger partial charge is 0.478 e. The van der Waals surface area contributed by atoms with Crippen LogP contribution in [0.5, 0.6) is 0 Å². The molecule has 25 heavy (non-hydrogen) atoms. The van der Waals surface area contributed by atoms with Gasteiger partial charge in [-0.05, 0) is 56.2 Å². The number of hydrogen-bond donors (Lipinski definition) is 1. The lowest BCUT2D eigenvalue weighted by Crippen LogP contribution is -2.33. The summed E-state index contributed by atoms with van der Waals surface area (Å²) < 4.78 is 0. The van der Waals surface area contributed by atoms with E-state index in [2.05, 4.69) is 25.2 Å². The van der Waals surface area contributed by atoms with Gasteiger partial charge in [-0.15, -0.1) is 0 Å². The maximum absolute atomic E-state index is 12.2. The number of carboxylic acid groups (broad SMARTS) is 1. The molecule has 1 N–H and O–H groups in total. The Morgan fingerprint density at radius 2 is 1.96 bits per heavy atom. The summed E-state index contributed by atoms with van der Waals surface area (Å²) in [6, 6.07) is 7.07. The van der Waals surface area contributed by atoms with Gasteiger partial charge < -0.3 is 10.0 Å². The quantitative estimate of drug-likeness (QED) is 0.768. The van der Waals surface area contributed by atoms with Gasteiger partial charge in [0.1, 0.15) is 0 Å². The number of likely N-dealkylation sites (tertiary alicyclic amines) is 1. The zero-order chi connectivity index (χ0) is 17.8. The number of amides is 1. The monoisotopic (exact) mass is 339 g/mol. The molecule has 1 aromatic carbocycles. The summed E-state index contributed by atoms with van der Waals surface area (Å²) in [4.78, 5) is 25.0. The fraction of sp³-hybridized carbons (Fsp3) is 0.429. The van der Waals surface area contributed by atoms with Crippen molar-refractivity contribution in [3.05, 3.63) is 59.2 Å². The minimum absolute atomic E-state index is 0.175. The smallest absolute Gasteiger partial charge is 0.335 e. The predicted molar refractivity (Wildman–Crippen MR) is 97.5 cm³/mol. The number of carboxylic acids is 1. The zero-order valence-electron chi connectivity index (χ0n) is 14.6. The molecular formula is C21H25NO3. The van der Waals surface area contributed by atoms with Crippen molar-refractivity contribution in [2.45, 2.75) is 45.1 Å². The molecule has 1 amide bonds. The molecule has 1 saturated carbocycles. The van der Waals surface area contributed by atoms with E-state index in [1.807, 2.05) is 17.0 Å². The van der Waals surface area contributed by atoms with Crippen molar-refractivity contribution in [3.63, 3.8) is 0 Å². The van der Waals surface area contributed by atoms with Gasteiger partial charge >= 0.3 is 5.97 Å². The van der Waals surface area contributed by atoms with Crippen molar-refractivity contribution in [2.75, 3.05) is 6.54 Å². The molecule has 1 aliphatic carbocycles. The number of hydrogen-bond acceptors (Lipinski definition) is 2. The van der Waals surface area contributed by atoms with Crippen LogP contribution in [0.25, 0.3) is 0 Å². The Bertz CT molecular complexity index is 698. The van der Waals surface area contributed by atoms with Crippen LogP contribution in [0.15, 0.2) is 48.1 Å². The molecule has 1 aliphatic heterocycles. The maximum atomic E-state index is 12.2. The molecule has 3 rings (SSSR count). The highest BCUT2D eigenvalue weighted by molar-refractivity contribution is 5.87. The average molecular weight is 339 g/mol. The summed E-state index contributed by atoms with van der Waals surface area (Å²) >= 11 is 0. The van der Waals surface area contributed by atoms with Crippen LogP contribution in [0.3, 0.4) is 0 Å². The Hall–Kier alpha value is -2.36. The summed E-state index contributed by atoms with van der Waals surface area (Å²) in [6.45, 7) is 2.85. The molecular weight excluding hydrogens is 314 g/mol. The molecule has 2 fully saturated rings. The Morgan fingerprint density at radius 3 is 2.60 bits per heavy atom. The van der Waals surface area contributed by atoms with Gasteiger partial charge in [0.05, 0.1) is 11.6 Å². The lowest BCUT2D eigenvalue weighted by Gasteiger charge is -2.22. The normalized spacial score (nSPS) is 21.3. The third kappa shape index (κ3) is 4.59. The van der Waals surface area contributed by atoms with Crippen LogP contribution >= 0.6 is 0 Å².